The summed E-state index contributed by atoms with van der Waals surface area (Å²) in [4.78, 5) is 3.43. The molecule has 66 valence electrons. The number of halogens is 4. The molecule has 1 rings (SSSR count). The normalized spacial score (nSPS) is 10.8. The Kier molecular flexibility index (Phi) is 2.69. The number of nitrogen functional groups attached to an aromatic ring is 1. The van der Waals surface area contributed by atoms with Crippen molar-refractivity contribution in [2.45, 2.75) is 6.43 Å². The lowest BCUT2D eigenvalue weighted by molar-refractivity contribution is 0.151. The van der Waals surface area contributed by atoms with Crippen molar-refractivity contribution < 1.29 is 8.78 Å². The van der Waals surface area contributed by atoms with Crippen molar-refractivity contribution in [2.24, 2.45) is 0 Å². The highest BCUT2D eigenvalue weighted by atomic mass is 35.5. The fraction of sp³-hybridized carbons (Fsp3) is 0.167. The lowest BCUT2D eigenvalue weighted by atomic mass is 10.3. The molecule has 1 aromatic rings. The van der Waals surface area contributed by atoms with E-state index in [-0.39, 0.29) is 16.0 Å². The van der Waals surface area contributed by atoms with E-state index in [9.17, 15) is 8.78 Å². The van der Waals surface area contributed by atoms with E-state index in [4.69, 9.17) is 28.9 Å². The Balaban J connectivity index is 3.28. The van der Waals surface area contributed by atoms with Gasteiger partial charge in [-0.2, -0.15) is 0 Å². The summed E-state index contributed by atoms with van der Waals surface area (Å²) < 4.78 is 24.3. The zero-order valence-corrected chi connectivity index (χ0v) is 7.20. The number of aromatic nitrogens is 1. The average molecular weight is 213 g/mol. The molecule has 0 aliphatic carbocycles. The Morgan fingerprint density at radius 3 is 2.42 bits per heavy atom. The summed E-state index contributed by atoms with van der Waals surface area (Å²) in [6.45, 7) is 0. The van der Waals surface area contributed by atoms with E-state index in [1.165, 1.54) is 0 Å². The summed E-state index contributed by atoms with van der Waals surface area (Å²) in [6.07, 6.45) is -2.74. The van der Waals surface area contributed by atoms with E-state index in [2.05, 4.69) is 4.98 Å². The van der Waals surface area contributed by atoms with Crippen molar-refractivity contribution in [3.05, 3.63) is 21.8 Å². The summed E-state index contributed by atoms with van der Waals surface area (Å²) in [5, 5.41) is -0.516. The van der Waals surface area contributed by atoms with Crippen LogP contribution in [0.25, 0.3) is 0 Å². The van der Waals surface area contributed by atoms with E-state index in [0.717, 1.165) is 6.07 Å². The molecule has 0 aliphatic rings. The largest absolute Gasteiger partial charge is 0.384 e. The first-order valence-corrected chi connectivity index (χ1v) is 3.67. The molecule has 0 atom stereocenters. The predicted octanol–water partition coefficient (Wildman–Crippen LogP) is 2.91. The third kappa shape index (κ3) is 1.76. The van der Waals surface area contributed by atoms with Crippen molar-refractivity contribution in [1.82, 2.24) is 4.98 Å². The van der Waals surface area contributed by atoms with Gasteiger partial charge in [-0.3, -0.25) is 0 Å². The maximum absolute atomic E-state index is 12.2. The van der Waals surface area contributed by atoms with Crippen LogP contribution in [0.5, 0.6) is 0 Å². The molecule has 0 unspecified atom stereocenters. The Labute approximate surface area is 77.3 Å². The van der Waals surface area contributed by atoms with E-state index in [1.54, 1.807) is 0 Å². The van der Waals surface area contributed by atoms with Gasteiger partial charge in [-0.05, 0) is 6.07 Å². The number of anilines is 1. The molecule has 0 radical (unpaired) electrons. The smallest absolute Gasteiger partial charge is 0.268 e. The number of rotatable bonds is 1. The molecule has 0 saturated carbocycles. The molecule has 12 heavy (non-hydrogen) atoms. The van der Waals surface area contributed by atoms with Crippen molar-refractivity contribution in [1.29, 1.82) is 0 Å². The second-order valence-corrected chi connectivity index (χ2v) is 2.80. The van der Waals surface area contributed by atoms with Gasteiger partial charge in [0.05, 0.1) is 10.6 Å². The van der Waals surface area contributed by atoms with Gasteiger partial charge in [0.2, 0.25) is 0 Å². The highest BCUT2D eigenvalue weighted by molar-refractivity contribution is 6.35. The van der Waals surface area contributed by atoms with Gasteiger partial charge in [-0.15, -0.1) is 0 Å². The Morgan fingerprint density at radius 1 is 1.42 bits per heavy atom. The van der Waals surface area contributed by atoms with Crippen molar-refractivity contribution in [2.75, 3.05) is 5.73 Å². The van der Waals surface area contributed by atoms with Gasteiger partial charge in [0.25, 0.3) is 6.43 Å². The zero-order valence-electron chi connectivity index (χ0n) is 5.69. The zero-order chi connectivity index (χ0) is 9.30. The maximum Gasteiger partial charge on any atom is 0.268 e. The number of nitrogens with two attached hydrogens (primary N) is 1. The summed E-state index contributed by atoms with van der Waals surface area (Å²) in [6, 6.07) is 1.13. The SMILES string of the molecule is Nc1cc(Cl)c(C(F)F)c(Cl)n1. The summed E-state index contributed by atoms with van der Waals surface area (Å²) >= 11 is 10.8. The molecule has 0 aliphatic heterocycles. The molecule has 1 heterocycles. The van der Waals surface area contributed by atoms with E-state index < -0.39 is 12.0 Å². The van der Waals surface area contributed by atoms with Crippen LogP contribution in [-0.4, -0.2) is 4.98 Å². The van der Waals surface area contributed by atoms with Gasteiger partial charge < -0.3 is 5.73 Å². The number of pyridine rings is 1. The monoisotopic (exact) mass is 212 g/mol. The van der Waals surface area contributed by atoms with Crippen LogP contribution in [0.15, 0.2) is 6.07 Å². The van der Waals surface area contributed by atoms with Crippen LogP contribution in [0, 0.1) is 0 Å². The van der Waals surface area contributed by atoms with Crippen LogP contribution >= 0.6 is 23.2 Å². The quantitative estimate of drug-likeness (QED) is 0.728. The Hall–Kier alpha value is -0.610. The van der Waals surface area contributed by atoms with E-state index >= 15 is 0 Å². The topological polar surface area (TPSA) is 38.9 Å². The summed E-state index contributed by atoms with van der Waals surface area (Å²) in [7, 11) is 0. The first-order chi connectivity index (χ1) is 5.52. The molecular weight excluding hydrogens is 209 g/mol. The summed E-state index contributed by atoms with van der Waals surface area (Å²) in [5.41, 5.74) is 4.72. The minimum Gasteiger partial charge on any atom is -0.384 e. The molecule has 0 amide bonds. The van der Waals surface area contributed by atoms with Crippen LogP contribution in [0.1, 0.15) is 12.0 Å². The van der Waals surface area contributed by atoms with Crippen molar-refractivity contribution in [3.63, 3.8) is 0 Å². The van der Waals surface area contributed by atoms with Gasteiger partial charge in [-0.1, -0.05) is 23.2 Å². The molecule has 0 fully saturated rings. The highest BCUT2D eigenvalue weighted by Crippen LogP contribution is 2.33. The Morgan fingerprint density at radius 2 is 2.00 bits per heavy atom. The fourth-order valence-corrected chi connectivity index (χ4v) is 1.32. The molecule has 0 spiro atoms. The van der Waals surface area contributed by atoms with Gasteiger partial charge in [-0.25, -0.2) is 13.8 Å². The predicted molar refractivity (Wildman–Crippen MR) is 43.6 cm³/mol. The second-order valence-electron chi connectivity index (χ2n) is 2.03. The lowest BCUT2D eigenvalue weighted by Crippen LogP contribution is -1.96. The van der Waals surface area contributed by atoms with E-state index in [0.29, 0.717) is 0 Å². The standard InChI is InChI=1S/C6H4Cl2F2N2/c7-2-1-3(11)12-5(8)4(2)6(9)10/h1,6H,(H2,11,12). The average Bonchev–Trinajstić information content (AvgIpc) is 1.82. The highest BCUT2D eigenvalue weighted by Gasteiger charge is 2.17. The number of alkyl halides is 2. The Bertz CT molecular complexity index is 281. The molecule has 0 bridgehead atoms. The van der Waals surface area contributed by atoms with Crippen LogP contribution in [0.3, 0.4) is 0 Å². The second kappa shape index (κ2) is 3.41. The van der Waals surface area contributed by atoms with Gasteiger partial charge in [0.1, 0.15) is 11.0 Å². The van der Waals surface area contributed by atoms with E-state index in [1.807, 2.05) is 0 Å². The molecule has 0 saturated heterocycles. The summed E-state index contributed by atoms with van der Waals surface area (Å²) in [5.74, 6) is 0.0226. The third-order valence-corrected chi connectivity index (χ3v) is 1.80. The van der Waals surface area contributed by atoms with Crippen LogP contribution in [0.2, 0.25) is 10.2 Å². The number of hydrogen-bond acceptors (Lipinski definition) is 2. The molecule has 0 aromatic carbocycles. The maximum atomic E-state index is 12.2. The van der Waals surface area contributed by atoms with Crippen molar-refractivity contribution >= 4 is 29.0 Å². The van der Waals surface area contributed by atoms with Crippen LogP contribution in [0.4, 0.5) is 14.6 Å². The fourth-order valence-electron chi connectivity index (χ4n) is 0.706. The van der Waals surface area contributed by atoms with Crippen LogP contribution in [-0.2, 0) is 0 Å². The molecule has 1 aromatic heterocycles. The van der Waals surface area contributed by atoms with Gasteiger partial charge >= 0.3 is 0 Å². The molecule has 6 heteroatoms. The van der Waals surface area contributed by atoms with Crippen molar-refractivity contribution in [3.8, 4) is 0 Å². The van der Waals surface area contributed by atoms with Gasteiger partial charge in [0, 0.05) is 0 Å². The minimum absolute atomic E-state index is 0.0226. The first kappa shape index (κ1) is 9.48. The number of nitrogens with zero attached hydrogens (tertiary/aromatic N) is 1. The molecular formula is C6H4Cl2F2N2. The molecule has 2 nitrogen and oxygen atoms in total. The van der Waals surface area contributed by atoms with Gasteiger partial charge in [0.15, 0.2) is 0 Å². The first-order valence-electron chi connectivity index (χ1n) is 2.92. The lowest BCUT2D eigenvalue weighted by Gasteiger charge is -2.04. The third-order valence-electron chi connectivity index (χ3n) is 1.20. The van der Waals surface area contributed by atoms with Crippen LogP contribution < -0.4 is 5.73 Å². The molecule has 2 N–H and O–H groups in total. The minimum atomic E-state index is -2.74. The number of hydrogen-bond donors (Lipinski definition) is 1.